The Morgan fingerprint density at radius 3 is 2.56 bits per heavy atom. The second-order valence-electron chi connectivity index (χ2n) is 6.26. The average Bonchev–Trinajstić information content (AvgIpc) is 3.27. The lowest BCUT2D eigenvalue weighted by Gasteiger charge is -2.07. The van der Waals surface area contributed by atoms with Crippen LogP contribution in [0.5, 0.6) is 0 Å². The molecule has 0 bridgehead atoms. The number of aromatic nitrogens is 6. The van der Waals surface area contributed by atoms with Gasteiger partial charge in [0, 0.05) is 20.0 Å². The van der Waals surface area contributed by atoms with Crippen LogP contribution in [0.2, 0.25) is 0 Å². The van der Waals surface area contributed by atoms with Crippen LogP contribution in [0.3, 0.4) is 0 Å². The number of hydrogen-bond donors (Lipinski definition) is 1. The monoisotopic (exact) mass is 391 g/mol. The van der Waals surface area contributed by atoms with Crippen molar-refractivity contribution in [2.75, 3.05) is 5.32 Å². The molecule has 0 radical (unpaired) electrons. The van der Waals surface area contributed by atoms with Gasteiger partial charge in [-0.05, 0) is 12.8 Å². The summed E-state index contributed by atoms with van der Waals surface area (Å²) in [5.74, 6) is -0.0208. The summed E-state index contributed by atoms with van der Waals surface area (Å²) < 4.78 is 3.69. The first-order chi connectivity index (χ1) is 12.9. The van der Waals surface area contributed by atoms with Gasteiger partial charge in [-0.15, -0.1) is 10.2 Å². The summed E-state index contributed by atoms with van der Waals surface area (Å²) in [6.07, 6.45) is 3.30. The zero-order valence-corrected chi connectivity index (χ0v) is 16.4. The molecule has 144 valence electrons. The van der Waals surface area contributed by atoms with E-state index in [2.05, 4.69) is 34.3 Å². The molecule has 0 saturated heterocycles. The maximum absolute atomic E-state index is 12.4. The van der Waals surface area contributed by atoms with Crippen LogP contribution in [0.1, 0.15) is 37.6 Å². The van der Waals surface area contributed by atoms with Crippen molar-refractivity contribution in [1.29, 1.82) is 0 Å². The minimum absolute atomic E-state index is 0.121. The number of fused-ring (bicyclic) bond motifs is 1. The Kier molecular flexibility index (Phi) is 5.22. The van der Waals surface area contributed by atoms with Gasteiger partial charge in [-0.25, -0.2) is 9.78 Å². The molecular weight excluding hydrogens is 370 g/mol. The lowest BCUT2D eigenvalue weighted by Crippen LogP contribution is -2.37. The summed E-state index contributed by atoms with van der Waals surface area (Å²) in [6, 6.07) is 0. The number of nitrogens with zero attached hydrogens (tertiary/aromatic N) is 6. The molecule has 3 aromatic rings. The number of imidazole rings is 1. The molecule has 0 spiro atoms. The zero-order valence-electron chi connectivity index (χ0n) is 15.6. The number of aryl methyl sites for hydroxylation is 1. The molecule has 11 heteroatoms. The molecule has 3 heterocycles. The van der Waals surface area contributed by atoms with E-state index >= 15 is 0 Å². The number of anilines is 1. The molecule has 10 nitrogen and oxygen atoms in total. The van der Waals surface area contributed by atoms with E-state index in [-0.39, 0.29) is 23.6 Å². The second-order valence-corrected chi connectivity index (χ2v) is 7.27. The maximum atomic E-state index is 12.4. The fourth-order valence-electron chi connectivity index (χ4n) is 2.92. The third-order valence-electron chi connectivity index (χ3n) is 4.55. The SMILES string of the molecule is CCC(CC)c1nnc(NC(=O)Cn2cnc3c2c(=O)n(C)c(=O)n3C)s1. The highest BCUT2D eigenvalue weighted by Gasteiger charge is 2.18. The highest BCUT2D eigenvalue weighted by Crippen LogP contribution is 2.28. The highest BCUT2D eigenvalue weighted by atomic mass is 32.1. The summed E-state index contributed by atoms with van der Waals surface area (Å²) in [5.41, 5.74) is -0.525. The van der Waals surface area contributed by atoms with Crippen molar-refractivity contribution in [3.63, 3.8) is 0 Å². The lowest BCUT2D eigenvalue weighted by molar-refractivity contribution is -0.116. The molecule has 27 heavy (non-hydrogen) atoms. The number of carbonyl (C=O) groups excluding carboxylic acids is 1. The molecule has 0 aliphatic rings. The molecule has 3 rings (SSSR count). The zero-order chi connectivity index (χ0) is 19.7. The van der Waals surface area contributed by atoms with E-state index in [0.29, 0.717) is 11.0 Å². The Hall–Kier alpha value is -2.82. The molecule has 0 aliphatic heterocycles. The van der Waals surface area contributed by atoms with Gasteiger partial charge in [0.2, 0.25) is 11.0 Å². The Morgan fingerprint density at radius 2 is 1.89 bits per heavy atom. The van der Waals surface area contributed by atoms with Crippen molar-refractivity contribution >= 4 is 33.5 Å². The van der Waals surface area contributed by atoms with Crippen LogP contribution in [-0.2, 0) is 25.4 Å². The molecule has 0 saturated carbocycles. The van der Waals surface area contributed by atoms with Crippen LogP contribution < -0.4 is 16.6 Å². The normalized spacial score (nSPS) is 11.4. The minimum Gasteiger partial charge on any atom is -0.315 e. The van der Waals surface area contributed by atoms with Crippen LogP contribution in [0.4, 0.5) is 5.13 Å². The van der Waals surface area contributed by atoms with Gasteiger partial charge < -0.3 is 4.57 Å². The van der Waals surface area contributed by atoms with Gasteiger partial charge in [-0.1, -0.05) is 25.2 Å². The number of carbonyl (C=O) groups is 1. The Balaban J connectivity index is 1.83. The smallest absolute Gasteiger partial charge is 0.315 e. The van der Waals surface area contributed by atoms with Gasteiger partial charge in [0.25, 0.3) is 5.56 Å². The number of amides is 1. The first-order valence-electron chi connectivity index (χ1n) is 8.61. The average molecular weight is 391 g/mol. The topological polar surface area (TPSA) is 117 Å². The van der Waals surface area contributed by atoms with Gasteiger partial charge in [0.15, 0.2) is 11.2 Å². The molecule has 0 atom stereocenters. The fraction of sp³-hybridized carbons (Fsp3) is 0.500. The highest BCUT2D eigenvalue weighted by molar-refractivity contribution is 7.15. The molecule has 3 aromatic heterocycles. The predicted molar refractivity (Wildman–Crippen MR) is 102 cm³/mol. The van der Waals surface area contributed by atoms with Crippen molar-refractivity contribution in [2.24, 2.45) is 14.1 Å². The van der Waals surface area contributed by atoms with Crippen molar-refractivity contribution in [3.05, 3.63) is 32.2 Å². The van der Waals surface area contributed by atoms with Crippen LogP contribution in [0, 0.1) is 0 Å². The maximum Gasteiger partial charge on any atom is 0.332 e. The van der Waals surface area contributed by atoms with E-state index in [1.54, 1.807) is 0 Å². The van der Waals surface area contributed by atoms with Gasteiger partial charge in [0.1, 0.15) is 11.6 Å². The van der Waals surface area contributed by atoms with E-state index in [1.807, 2.05) is 0 Å². The Labute approximate surface area is 158 Å². The second kappa shape index (κ2) is 7.43. The lowest BCUT2D eigenvalue weighted by atomic mass is 10.1. The minimum atomic E-state index is -0.495. The molecule has 1 N–H and O–H groups in total. The number of hydrogen-bond acceptors (Lipinski definition) is 7. The van der Waals surface area contributed by atoms with Crippen molar-refractivity contribution in [2.45, 2.75) is 39.2 Å². The van der Waals surface area contributed by atoms with E-state index in [9.17, 15) is 14.4 Å². The Morgan fingerprint density at radius 1 is 1.19 bits per heavy atom. The van der Waals surface area contributed by atoms with Gasteiger partial charge in [0.05, 0.1) is 6.33 Å². The van der Waals surface area contributed by atoms with Gasteiger partial charge >= 0.3 is 5.69 Å². The predicted octanol–water partition coefficient (Wildman–Crippen LogP) is 0.827. The van der Waals surface area contributed by atoms with Crippen LogP contribution >= 0.6 is 11.3 Å². The van der Waals surface area contributed by atoms with Gasteiger partial charge in [-0.2, -0.15) is 0 Å². The van der Waals surface area contributed by atoms with E-state index in [1.165, 1.54) is 40.9 Å². The van der Waals surface area contributed by atoms with Crippen molar-refractivity contribution < 1.29 is 4.79 Å². The van der Waals surface area contributed by atoms with Crippen molar-refractivity contribution in [1.82, 2.24) is 28.9 Å². The van der Waals surface area contributed by atoms with Crippen LogP contribution in [-0.4, -0.2) is 34.8 Å². The third kappa shape index (κ3) is 3.42. The van der Waals surface area contributed by atoms with E-state index in [0.717, 1.165) is 22.4 Å². The molecule has 0 aromatic carbocycles. The summed E-state index contributed by atoms with van der Waals surface area (Å²) in [6.45, 7) is 4.06. The van der Waals surface area contributed by atoms with Gasteiger partial charge in [-0.3, -0.25) is 24.0 Å². The molecule has 0 unspecified atom stereocenters. The summed E-state index contributed by atoms with van der Waals surface area (Å²) in [5, 5.41) is 12.2. The third-order valence-corrected chi connectivity index (χ3v) is 5.55. The van der Waals surface area contributed by atoms with Crippen molar-refractivity contribution in [3.8, 4) is 0 Å². The first-order valence-corrected chi connectivity index (χ1v) is 9.43. The molecule has 1 amide bonds. The summed E-state index contributed by atoms with van der Waals surface area (Å²) in [4.78, 5) is 40.9. The van der Waals surface area contributed by atoms with Crippen LogP contribution in [0.25, 0.3) is 11.2 Å². The molecule has 0 fully saturated rings. The number of rotatable bonds is 6. The standard InChI is InChI=1S/C16H21N7O3S/c1-5-9(6-2)13-19-20-15(27-13)18-10(24)7-23-8-17-12-11(23)14(25)22(4)16(26)21(12)3/h8-9H,5-7H2,1-4H3,(H,18,20,24). The fourth-order valence-corrected chi connectivity index (χ4v) is 3.94. The quantitative estimate of drug-likeness (QED) is 0.665. The summed E-state index contributed by atoms with van der Waals surface area (Å²) >= 11 is 1.35. The first kappa shape index (κ1) is 19.0. The van der Waals surface area contributed by atoms with E-state index in [4.69, 9.17) is 0 Å². The Bertz CT molecular complexity index is 1100. The van der Waals surface area contributed by atoms with Crippen LogP contribution in [0.15, 0.2) is 15.9 Å². The molecular formula is C16H21N7O3S. The largest absolute Gasteiger partial charge is 0.332 e. The van der Waals surface area contributed by atoms with E-state index < -0.39 is 11.2 Å². The summed E-state index contributed by atoms with van der Waals surface area (Å²) in [7, 11) is 2.92. The number of nitrogens with one attached hydrogen (secondary N) is 1. The molecule has 0 aliphatic carbocycles.